The number of carbonyl (C=O) groups is 2. The summed E-state index contributed by atoms with van der Waals surface area (Å²) in [6.45, 7) is 5.20. The lowest BCUT2D eigenvalue weighted by molar-refractivity contribution is -0.129. The van der Waals surface area contributed by atoms with Gasteiger partial charge in [-0.2, -0.15) is 0 Å². The molecule has 0 saturated carbocycles. The molecule has 20 heavy (non-hydrogen) atoms. The second-order valence-electron chi connectivity index (χ2n) is 4.72. The third kappa shape index (κ3) is 3.26. The van der Waals surface area contributed by atoms with Crippen molar-refractivity contribution in [3.63, 3.8) is 0 Å². The first-order valence-electron chi connectivity index (χ1n) is 6.37. The molecule has 1 rings (SSSR count). The molecule has 0 fully saturated rings. The van der Waals surface area contributed by atoms with Crippen molar-refractivity contribution in [3.05, 3.63) is 33.2 Å². The van der Waals surface area contributed by atoms with Crippen LogP contribution in [0.1, 0.15) is 28.5 Å². The predicted octanol–water partition coefficient (Wildman–Crippen LogP) is 0.730. The molecule has 1 heterocycles. The zero-order valence-corrected chi connectivity index (χ0v) is 12.5. The number of aryl methyl sites for hydroxylation is 1. The Balaban J connectivity index is 3.33. The number of ether oxygens (including phenoxy) is 1. The van der Waals surface area contributed by atoms with E-state index in [9.17, 15) is 14.4 Å². The van der Waals surface area contributed by atoms with E-state index in [1.54, 1.807) is 34.9 Å². The van der Waals surface area contributed by atoms with Gasteiger partial charge in [-0.05, 0) is 26.3 Å². The van der Waals surface area contributed by atoms with Crippen LogP contribution < -0.4 is 5.56 Å². The maximum absolute atomic E-state index is 12.0. The summed E-state index contributed by atoms with van der Waals surface area (Å²) in [5.41, 5.74) is 1.05. The lowest BCUT2D eigenvalue weighted by Gasteiger charge is -2.17. The Hall–Kier alpha value is -2.11. The van der Waals surface area contributed by atoms with E-state index < -0.39 is 5.97 Å². The van der Waals surface area contributed by atoms with Gasteiger partial charge in [0.05, 0.1) is 12.2 Å². The van der Waals surface area contributed by atoms with Gasteiger partial charge in [-0.3, -0.25) is 9.59 Å². The minimum Gasteiger partial charge on any atom is -0.462 e. The molecular formula is C14H20N2O4. The van der Waals surface area contributed by atoms with Crippen LogP contribution in [0.4, 0.5) is 0 Å². The molecular weight excluding hydrogens is 260 g/mol. The smallest absolute Gasteiger partial charge is 0.340 e. The van der Waals surface area contributed by atoms with Crippen LogP contribution in [0.5, 0.6) is 0 Å². The fraction of sp³-hybridized carbons (Fsp3) is 0.500. The van der Waals surface area contributed by atoms with Gasteiger partial charge in [0.1, 0.15) is 6.54 Å². The van der Waals surface area contributed by atoms with Crippen LogP contribution in [0, 0.1) is 13.8 Å². The fourth-order valence-corrected chi connectivity index (χ4v) is 1.91. The highest BCUT2D eigenvalue weighted by molar-refractivity contribution is 5.92. The van der Waals surface area contributed by atoms with Crippen molar-refractivity contribution in [2.45, 2.75) is 27.3 Å². The van der Waals surface area contributed by atoms with Crippen molar-refractivity contribution in [3.8, 4) is 0 Å². The molecule has 0 unspecified atom stereocenters. The van der Waals surface area contributed by atoms with E-state index >= 15 is 0 Å². The van der Waals surface area contributed by atoms with E-state index in [0.717, 1.165) is 0 Å². The van der Waals surface area contributed by atoms with E-state index in [4.69, 9.17) is 4.74 Å². The van der Waals surface area contributed by atoms with E-state index in [1.165, 1.54) is 15.5 Å². The Bertz CT molecular complexity index is 588. The van der Waals surface area contributed by atoms with E-state index in [0.29, 0.717) is 16.8 Å². The standard InChI is InChI=1S/C14H20N2O4/c1-6-20-14(19)13-9(2)7-11(17)16(10(13)3)8-12(18)15(4)5/h7H,6,8H2,1-5H3. The normalized spacial score (nSPS) is 10.2. The lowest BCUT2D eigenvalue weighted by atomic mass is 10.1. The maximum Gasteiger partial charge on any atom is 0.340 e. The van der Waals surface area contributed by atoms with Gasteiger partial charge < -0.3 is 14.2 Å². The fourth-order valence-electron chi connectivity index (χ4n) is 1.91. The minimum atomic E-state index is -0.478. The molecule has 110 valence electrons. The molecule has 0 bridgehead atoms. The number of hydrogen-bond acceptors (Lipinski definition) is 4. The molecule has 0 spiro atoms. The van der Waals surface area contributed by atoms with Crippen molar-refractivity contribution in [1.82, 2.24) is 9.47 Å². The zero-order chi connectivity index (χ0) is 15.4. The number of amides is 1. The summed E-state index contributed by atoms with van der Waals surface area (Å²) < 4.78 is 6.28. The lowest BCUT2D eigenvalue weighted by Crippen LogP contribution is -2.34. The number of aromatic nitrogens is 1. The molecule has 0 aliphatic heterocycles. The Morgan fingerprint density at radius 1 is 1.30 bits per heavy atom. The number of esters is 1. The van der Waals surface area contributed by atoms with E-state index in [1.807, 2.05) is 0 Å². The van der Waals surface area contributed by atoms with Gasteiger partial charge in [-0.15, -0.1) is 0 Å². The number of rotatable bonds is 4. The van der Waals surface area contributed by atoms with Gasteiger partial charge in [0.2, 0.25) is 5.91 Å². The molecule has 0 atom stereocenters. The van der Waals surface area contributed by atoms with Crippen LogP contribution in [-0.2, 0) is 16.1 Å². The van der Waals surface area contributed by atoms with Gasteiger partial charge in [-0.1, -0.05) is 0 Å². The topological polar surface area (TPSA) is 68.6 Å². The van der Waals surface area contributed by atoms with Crippen LogP contribution in [0.3, 0.4) is 0 Å². The predicted molar refractivity (Wildman–Crippen MR) is 74.8 cm³/mol. The largest absolute Gasteiger partial charge is 0.462 e. The SMILES string of the molecule is CCOC(=O)c1c(C)cc(=O)n(CC(=O)N(C)C)c1C. The van der Waals surface area contributed by atoms with Crippen LogP contribution in [0.15, 0.2) is 10.9 Å². The van der Waals surface area contributed by atoms with E-state index in [-0.39, 0.29) is 24.6 Å². The molecule has 6 nitrogen and oxygen atoms in total. The Morgan fingerprint density at radius 3 is 2.40 bits per heavy atom. The number of hydrogen-bond donors (Lipinski definition) is 0. The van der Waals surface area contributed by atoms with Crippen molar-refractivity contribution in [2.24, 2.45) is 0 Å². The summed E-state index contributed by atoms with van der Waals surface area (Å²) in [4.78, 5) is 37.1. The molecule has 0 aromatic carbocycles. The third-order valence-corrected chi connectivity index (χ3v) is 3.04. The van der Waals surface area contributed by atoms with Gasteiger partial charge >= 0.3 is 5.97 Å². The molecule has 1 amide bonds. The first kappa shape index (κ1) is 15.9. The molecule has 0 aliphatic carbocycles. The Kier molecular flexibility index (Phi) is 5.07. The van der Waals surface area contributed by atoms with Gasteiger partial charge in [0.15, 0.2) is 0 Å². The summed E-state index contributed by atoms with van der Waals surface area (Å²) in [7, 11) is 3.23. The maximum atomic E-state index is 12.0. The molecule has 1 aromatic rings. The minimum absolute atomic E-state index is 0.0929. The second-order valence-corrected chi connectivity index (χ2v) is 4.72. The highest BCUT2D eigenvalue weighted by Crippen LogP contribution is 2.13. The van der Waals surface area contributed by atoms with Gasteiger partial charge in [0, 0.05) is 25.9 Å². The number of likely N-dealkylation sites (N-methyl/N-ethyl adjacent to an activating group) is 1. The first-order valence-corrected chi connectivity index (χ1v) is 6.37. The summed E-state index contributed by atoms with van der Waals surface area (Å²) in [6, 6.07) is 1.35. The molecule has 0 saturated heterocycles. The highest BCUT2D eigenvalue weighted by atomic mass is 16.5. The summed E-state index contributed by atoms with van der Waals surface area (Å²) in [5, 5.41) is 0. The number of carbonyl (C=O) groups excluding carboxylic acids is 2. The number of pyridine rings is 1. The number of nitrogens with zero attached hydrogens (tertiary/aromatic N) is 2. The molecule has 6 heteroatoms. The second kappa shape index (κ2) is 6.36. The molecule has 1 aromatic heterocycles. The average molecular weight is 280 g/mol. The summed E-state index contributed by atoms with van der Waals surface area (Å²) in [5.74, 6) is -0.692. The molecule has 0 N–H and O–H groups in total. The quantitative estimate of drug-likeness (QED) is 0.762. The van der Waals surface area contributed by atoms with E-state index in [2.05, 4.69) is 0 Å². The zero-order valence-electron chi connectivity index (χ0n) is 12.5. The van der Waals surface area contributed by atoms with Gasteiger partial charge in [-0.25, -0.2) is 4.79 Å². The van der Waals surface area contributed by atoms with Crippen LogP contribution in [0.25, 0.3) is 0 Å². The van der Waals surface area contributed by atoms with Crippen molar-refractivity contribution >= 4 is 11.9 Å². The summed E-state index contributed by atoms with van der Waals surface area (Å²) in [6.07, 6.45) is 0. The molecule has 0 aliphatic rings. The van der Waals surface area contributed by atoms with Crippen molar-refractivity contribution < 1.29 is 14.3 Å². The van der Waals surface area contributed by atoms with Crippen molar-refractivity contribution in [1.29, 1.82) is 0 Å². The third-order valence-electron chi connectivity index (χ3n) is 3.04. The monoisotopic (exact) mass is 280 g/mol. The summed E-state index contributed by atoms with van der Waals surface area (Å²) >= 11 is 0. The average Bonchev–Trinajstić information content (AvgIpc) is 2.33. The van der Waals surface area contributed by atoms with Crippen LogP contribution in [0.2, 0.25) is 0 Å². The molecule has 0 radical (unpaired) electrons. The highest BCUT2D eigenvalue weighted by Gasteiger charge is 2.19. The van der Waals surface area contributed by atoms with Crippen LogP contribution >= 0.6 is 0 Å². The Labute approximate surface area is 118 Å². The van der Waals surface area contributed by atoms with Crippen LogP contribution in [-0.4, -0.2) is 42.0 Å². The van der Waals surface area contributed by atoms with Gasteiger partial charge in [0.25, 0.3) is 5.56 Å². The Morgan fingerprint density at radius 2 is 1.90 bits per heavy atom. The van der Waals surface area contributed by atoms with Crippen molar-refractivity contribution in [2.75, 3.05) is 20.7 Å². The first-order chi connectivity index (χ1) is 9.29.